The topological polar surface area (TPSA) is 65.2 Å². The van der Waals surface area contributed by atoms with Gasteiger partial charge in [0.15, 0.2) is 0 Å². The van der Waals surface area contributed by atoms with Crippen LogP contribution >= 0.6 is 0 Å². The molecule has 1 rings (SSSR count). The lowest BCUT2D eigenvalue weighted by molar-refractivity contribution is -0.137. The number of nitrogens with two attached hydrogens (primary N) is 1. The molecule has 0 atom stereocenters. The van der Waals surface area contributed by atoms with E-state index < -0.39 is 0 Å². The minimum atomic E-state index is -0.373. The van der Waals surface area contributed by atoms with Crippen molar-refractivity contribution in [2.45, 2.75) is 20.8 Å². The zero-order valence-electron chi connectivity index (χ0n) is 9.78. The van der Waals surface area contributed by atoms with Gasteiger partial charge in [-0.2, -0.15) is 0 Å². The third kappa shape index (κ3) is 3.08. The predicted octanol–water partition coefficient (Wildman–Crippen LogP) is 1.86. The summed E-state index contributed by atoms with van der Waals surface area (Å²) >= 11 is 0. The zero-order valence-corrected chi connectivity index (χ0v) is 9.78. The van der Waals surface area contributed by atoms with Crippen molar-refractivity contribution < 1.29 is 9.53 Å². The number of nitrogens with zero attached hydrogens (tertiary/aromatic N) is 1. The largest absolute Gasteiger partial charge is 0.463 e. The molecular formula is C12H16N2O2. The maximum atomic E-state index is 11.1. The molecule has 1 heterocycles. The second-order valence-corrected chi connectivity index (χ2v) is 3.44. The maximum absolute atomic E-state index is 11.1. The minimum absolute atomic E-state index is 0.365. The number of hydrogen-bond donors (Lipinski definition) is 1. The SMILES string of the molecule is CCOC(=O)C=Cc1c(N)cc(C)nc1C. The van der Waals surface area contributed by atoms with Gasteiger partial charge in [0.1, 0.15) is 0 Å². The van der Waals surface area contributed by atoms with Crippen LogP contribution < -0.4 is 5.73 Å². The van der Waals surface area contributed by atoms with Crippen molar-refractivity contribution in [3.63, 3.8) is 0 Å². The van der Waals surface area contributed by atoms with E-state index in [0.717, 1.165) is 17.0 Å². The van der Waals surface area contributed by atoms with Gasteiger partial charge in [0, 0.05) is 28.7 Å². The highest BCUT2D eigenvalue weighted by atomic mass is 16.5. The van der Waals surface area contributed by atoms with Crippen molar-refractivity contribution in [2.24, 2.45) is 0 Å². The van der Waals surface area contributed by atoms with E-state index in [-0.39, 0.29) is 5.97 Å². The van der Waals surface area contributed by atoms with E-state index in [9.17, 15) is 4.79 Å². The van der Waals surface area contributed by atoms with Crippen molar-refractivity contribution in [3.8, 4) is 0 Å². The third-order valence-electron chi connectivity index (χ3n) is 2.08. The standard InChI is InChI=1S/C12H16N2O2/c1-4-16-12(15)6-5-10-9(3)14-8(2)7-11(10)13/h5-7H,4H2,1-3H3,(H2,13,14). The second kappa shape index (κ2) is 5.30. The third-order valence-corrected chi connectivity index (χ3v) is 2.08. The lowest BCUT2D eigenvalue weighted by Gasteiger charge is -2.05. The van der Waals surface area contributed by atoms with E-state index in [1.165, 1.54) is 6.08 Å². The Morgan fingerprint density at radius 3 is 2.81 bits per heavy atom. The monoisotopic (exact) mass is 220 g/mol. The Hall–Kier alpha value is -1.84. The molecule has 0 radical (unpaired) electrons. The molecule has 1 aromatic rings. The number of pyridine rings is 1. The summed E-state index contributed by atoms with van der Waals surface area (Å²) in [5, 5.41) is 0. The summed E-state index contributed by atoms with van der Waals surface area (Å²) in [6, 6.07) is 1.78. The minimum Gasteiger partial charge on any atom is -0.463 e. The molecule has 0 aromatic carbocycles. The smallest absolute Gasteiger partial charge is 0.330 e. The molecule has 86 valence electrons. The molecule has 0 aliphatic heterocycles. The molecule has 0 bridgehead atoms. The fourth-order valence-electron chi connectivity index (χ4n) is 1.43. The highest BCUT2D eigenvalue weighted by Gasteiger charge is 2.03. The quantitative estimate of drug-likeness (QED) is 0.623. The molecule has 0 saturated carbocycles. The molecule has 2 N–H and O–H groups in total. The summed E-state index contributed by atoms with van der Waals surface area (Å²) in [5.74, 6) is -0.373. The van der Waals surface area contributed by atoms with E-state index in [1.54, 1.807) is 19.1 Å². The predicted molar refractivity (Wildman–Crippen MR) is 63.8 cm³/mol. The van der Waals surface area contributed by atoms with Crippen LogP contribution in [0.1, 0.15) is 23.9 Å². The average Bonchev–Trinajstić information content (AvgIpc) is 2.16. The highest BCUT2D eigenvalue weighted by molar-refractivity contribution is 5.88. The molecule has 4 nitrogen and oxygen atoms in total. The Kier molecular flexibility index (Phi) is 4.05. The first-order chi connectivity index (χ1) is 7.54. The number of carbonyl (C=O) groups excluding carboxylic acids is 1. The number of anilines is 1. The van der Waals surface area contributed by atoms with Gasteiger partial charge >= 0.3 is 5.97 Å². The lowest BCUT2D eigenvalue weighted by atomic mass is 10.1. The van der Waals surface area contributed by atoms with Gasteiger partial charge in [0.2, 0.25) is 0 Å². The number of nitrogen functional groups attached to an aromatic ring is 1. The lowest BCUT2D eigenvalue weighted by Crippen LogP contribution is -2.01. The zero-order chi connectivity index (χ0) is 12.1. The van der Waals surface area contributed by atoms with Crippen molar-refractivity contribution in [3.05, 3.63) is 29.1 Å². The summed E-state index contributed by atoms with van der Waals surface area (Å²) in [4.78, 5) is 15.4. The number of ether oxygens (including phenoxy) is 1. The molecule has 4 heteroatoms. The average molecular weight is 220 g/mol. The van der Waals surface area contributed by atoms with Gasteiger partial charge in [-0.1, -0.05) is 0 Å². The van der Waals surface area contributed by atoms with E-state index >= 15 is 0 Å². The van der Waals surface area contributed by atoms with Crippen LogP contribution in [0, 0.1) is 13.8 Å². The van der Waals surface area contributed by atoms with Crippen LogP contribution in [0.5, 0.6) is 0 Å². The van der Waals surface area contributed by atoms with Crippen molar-refractivity contribution in [1.29, 1.82) is 0 Å². The van der Waals surface area contributed by atoms with Gasteiger partial charge in [-0.25, -0.2) is 4.79 Å². The first kappa shape index (κ1) is 12.2. The van der Waals surface area contributed by atoms with Gasteiger partial charge < -0.3 is 10.5 Å². The fraction of sp³-hybridized carbons (Fsp3) is 0.333. The van der Waals surface area contributed by atoms with Crippen LogP contribution in [0.15, 0.2) is 12.1 Å². The molecule has 0 saturated heterocycles. The van der Waals surface area contributed by atoms with E-state index in [0.29, 0.717) is 12.3 Å². The summed E-state index contributed by atoms with van der Waals surface area (Å²) in [6.07, 6.45) is 2.99. The van der Waals surface area contributed by atoms with Gasteiger partial charge in [-0.3, -0.25) is 4.98 Å². The number of aromatic nitrogens is 1. The van der Waals surface area contributed by atoms with Crippen LogP contribution in [0.2, 0.25) is 0 Å². The summed E-state index contributed by atoms with van der Waals surface area (Å²) in [6.45, 7) is 5.86. The number of aryl methyl sites for hydroxylation is 2. The van der Waals surface area contributed by atoms with Crippen LogP contribution in [-0.2, 0) is 9.53 Å². The van der Waals surface area contributed by atoms with Gasteiger partial charge in [-0.05, 0) is 32.9 Å². The summed E-state index contributed by atoms with van der Waals surface area (Å²) < 4.78 is 4.78. The molecule has 1 aromatic heterocycles. The van der Waals surface area contributed by atoms with E-state index in [2.05, 4.69) is 4.98 Å². The number of carbonyl (C=O) groups is 1. The Balaban J connectivity index is 2.93. The van der Waals surface area contributed by atoms with Crippen molar-refractivity contribution >= 4 is 17.7 Å². The van der Waals surface area contributed by atoms with Crippen molar-refractivity contribution in [1.82, 2.24) is 4.98 Å². The normalized spacial score (nSPS) is 10.7. The van der Waals surface area contributed by atoms with E-state index in [4.69, 9.17) is 10.5 Å². The number of esters is 1. The van der Waals surface area contributed by atoms with Crippen LogP contribution in [0.25, 0.3) is 6.08 Å². The first-order valence-electron chi connectivity index (χ1n) is 5.13. The summed E-state index contributed by atoms with van der Waals surface area (Å²) in [7, 11) is 0. The Bertz CT molecular complexity index is 402. The number of rotatable bonds is 3. The van der Waals surface area contributed by atoms with E-state index in [1.807, 2.05) is 13.8 Å². The molecule has 0 unspecified atom stereocenters. The van der Waals surface area contributed by atoms with Crippen molar-refractivity contribution in [2.75, 3.05) is 12.3 Å². The first-order valence-corrected chi connectivity index (χ1v) is 5.13. The molecule has 0 aliphatic carbocycles. The number of hydrogen-bond acceptors (Lipinski definition) is 4. The molecule has 16 heavy (non-hydrogen) atoms. The highest BCUT2D eigenvalue weighted by Crippen LogP contribution is 2.17. The van der Waals surface area contributed by atoms with Gasteiger partial charge in [0.25, 0.3) is 0 Å². The maximum Gasteiger partial charge on any atom is 0.330 e. The molecule has 0 aliphatic rings. The second-order valence-electron chi connectivity index (χ2n) is 3.44. The van der Waals surface area contributed by atoms with Crippen LogP contribution in [0.3, 0.4) is 0 Å². The van der Waals surface area contributed by atoms with Crippen LogP contribution in [-0.4, -0.2) is 17.6 Å². The Morgan fingerprint density at radius 2 is 2.25 bits per heavy atom. The van der Waals surface area contributed by atoms with Gasteiger partial charge in [-0.15, -0.1) is 0 Å². The van der Waals surface area contributed by atoms with Crippen LogP contribution in [0.4, 0.5) is 5.69 Å². The molecule has 0 amide bonds. The Labute approximate surface area is 95.1 Å². The summed E-state index contributed by atoms with van der Waals surface area (Å²) in [5.41, 5.74) is 8.89. The molecular weight excluding hydrogens is 204 g/mol. The Morgan fingerprint density at radius 1 is 1.56 bits per heavy atom. The fourth-order valence-corrected chi connectivity index (χ4v) is 1.43. The molecule has 0 fully saturated rings. The molecule has 0 spiro atoms. The van der Waals surface area contributed by atoms with Gasteiger partial charge in [0.05, 0.1) is 6.61 Å².